The van der Waals surface area contributed by atoms with E-state index in [-0.39, 0.29) is 30.0 Å². The molecule has 0 heterocycles. The summed E-state index contributed by atoms with van der Waals surface area (Å²) >= 11 is 0. The fraction of sp³-hybridized carbons (Fsp3) is 0.526. The first-order valence-corrected chi connectivity index (χ1v) is 8.41. The predicted octanol–water partition coefficient (Wildman–Crippen LogP) is 6.47. The molecule has 1 aromatic rings. The number of rotatable bonds is 5. The Morgan fingerprint density at radius 3 is 2.00 bits per heavy atom. The molecule has 26 heavy (non-hydrogen) atoms. The molecule has 0 N–H and O–H groups in total. The maximum atomic E-state index is 12.9. The molecule has 0 spiro atoms. The van der Waals surface area contributed by atoms with E-state index in [4.69, 9.17) is 0 Å². The SMILES string of the molecule is C=N[C@@H]1CCCC[C@H]1CC(=C)Cc1cc(C(F)(F)F)cc(C(F)(F)F)c1. The molecule has 0 radical (unpaired) electrons. The van der Waals surface area contributed by atoms with Crippen LogP contribution in [0.4, 0.5) is 26.3 Å². The molecule has 144 valence electrons. The van der Waals surface area contributed by atoms with Crippen molar-refractivity contribution in [2.75, 3.05) is 0 Å². The van der Waals surface area contributed by atoms with Gasteiger partial charge in [-0.1, -0.05) is 25.0 Å². The van der Waals surface area contributed by atoms with Crippen LogP contribution in [0.15, 0.2) is 35.3 Å². The quantitative estimate of drug-likeness (QED) is 0.317. The third kappa shape index (κ3) is 5.35. The minimum atomic E-state index is -4.83. The van der Waals surface area contributed by atoms with Crippen molar-refractivity contribution in [1.82, 2.24) is 0 Å². The van der Waals surface area contributed by atoms with Crippen LogP contribution in [0.25, 0.3) is 0 Å². The summed E-state index contributed by atoms with van der Waals surface area (Å²) in [5.74, 6) is 0.196. The van der Waals surface area contributed by atoms with Crippen LogP contribution in [0, 0.1) is 5.92 Å². The molecule has 1 fully saturated rings. The van der Waals surface area contributed by atoms with Crippen molar-refractivity contribution in [3.05, 3.63) is 47.0 Å². The molecule has 1 aliphatic rings. The monoisotopic (exact) mass is 377 g/mol. The van der Waals surface area contributed by atoms with E-state index in [1.807, 2.05) is 0 Å². The highest BCUT2D eigenvalue weighted by molar-refractivity contribution is 5.35. The Balaban J connectivity index is 2.19. The molecule has 0 bridgehead atoms. The van der Waals surface area contributed by atoms with E-state index in [1.54, 1.807) is 0 Å². The highest BCUT2D eigenvalue weighted by atomic mass is 19.4. The van der Waals surface area contributed by atoms with Gasteiger partial charge < -0.3 is 0 Å². The van der Waals surface area contributed by atoms with Crippen molar-refractivity contribution >= 4 is 6.72 Å². The molecule has 1 aliphatic carbocycles. The van der Waals surface area contributed by atoms with E-state index in [1.165, 1.54) is 0 Å². The maximum absolute atomic E-state index is 12.9. The molecule has 2 atom stereocenters. The summed E-state index contributed by atoms with van der Waals surface area (Å²) in [6.45, 7) is 7.45. The summed E-state index contributed by atoms with van der Waals surface area (Å²) in [5, 5.41) is 0. The first-order chi connectivity index (χ1) is 12.0. The van der Waals surface area contributed by atoms with Gasteiger partial charge in [-0.05, 0) is 62.1 Å². The highest BCUT2D eigenvalue weighted by Gasteiger charge is 2.37. The van der Waals surface area contributed by atoms with Gasteiger partial charge in [0, 0.05) is 0 Å². The highest BCUT2D eigenvalue weighted by Crippen LogP contribution is 2.37. The summed E-state index contributed by atoms with van der Waals surface area (Å²) in [7, 11) is 0. The van der Waals surface area contributed by atoms with E-state index in [0.717, 1.165) is 37.8 Å². The first kappa shape index (κ1) is 20.5. The van der Waals surface area contributed by atoms with Gasteiger partial charge in [-0.2, -0.15) is 26.3 Å². The molecular formula is C19H21F6N. The van der Waals surface area contributed by atoms with Gasteiger partial charge in [0.2, 0.25) is 0 Å². The van der Waals surface area contributed by atoms with Crippen LogP contribution in [0.1, 0.15) is 48.8 Å². The van der Waals surface area contributed by atoms with Gasteiger partial charge in [-0.3, -0.25) is 4.99 Å². The van der Waals surface area contributed by atoms with E-state index < -0.39 is 23.5 Å². The zero-order valence-electron chi connectivity index (χ0n) is 14.3. The molecule has 1 nitrogen and oxygen atoms in total. The topological polar surface area (TPSA) is 12.4 Å². The molecule has 1 aromatic carbocycles. The second kappa shape index (κ2) is 7.84. The Morgan fingerprint density at radius 2 is 1.50 bits per heavy atom. The largest absolute Gasteiger partial charge is 0.416 e. The summed E-state index contributed by atoms with van der Waals surface area (Å²) in [6.07, 6.45) is -5.25. The molecule has 7 heteroatoms. The lowest BCUT2D eigenvalue weighted by atomic mass is 9.80. The van der Waals surface area contributed by atoms with E-state index in [2.05, 4.69) is 18.3 Å². The van der Waals surface area contributed by atoms with Crippen LogP contribution < -0.4 is 0 Å². The molecule has 2 rings (SSSR count). The van der Waals surface area contributed by atoms with Crippen LogP contribution in [-0.4, -0.2) is 12.8 Å². The second-order valence-corrected chi connectivity index (χ2v) is 6.84. The number of allylic oxidation sites excluding steroid dienone is 1. The smallest absolute Gasteiger partial charge is 0.297 e. The van der Waals surface area contributed by atoms with Crippen LogP contribution >= 0.6 is 0 Å². The Morgan fingerprint density at radius 1 is 0.962 bits per heavy atom. The lowest BCUT2D eigenvalue weighted by Gasteiger charge is -2.29. The molecule has 0 unspecified atom stereocenters. The van der Waals surface area contributed by atoms with E-state index in [0.29, 0.717) is 12.0 Å². The summed E-state index contributed by atoms with van der Waals surface area (Å²) in [4.78, 5) is 4.09. The number of nitrogens with zero attached hydrogens (tertiary/aromatic N) is 1. The van der Waals surface area contributed by atoms with Crippen LogP contribution in [0.5, 0.6) is 0 Å². The number of aliphatic imine (C=N–C) groups is 1. The lowest BCUT2D eigenvalue weighted by molar-refractivity contribution is -0.143. The standard InChI is InChI=1S/C19H21F6N/c1-12(8-14-5-3-4-6-17(14)26-2)7-13-9-15(18(20,21)22)11-16(10-13)19(23,24)25/h9-11,14,17H,1-8H2/t14-,17+/m0/s1. The van der Waals surface area contributed by atoms with Crippen molar-refractivity contribution in [2.24, 2.45) is 10.9 Å². The number of hydrogen-bond acceptors (Lipinski definition) is 1. The minimum absolute atomic E-state index is 0.0205. The Labute approximate surface area is 148 Å². The van der Waals surface area contributed by atoms with Crippen LogP contribution in [-0.2, 0) is 18.8 Å². The molecule has 0 aliphatic heterocycles. The van der Waals surface area contributed by atoms with Crippen molar-refractivity contribution < 1.29 is 26.3 Å². The number of halogens is 6. The second-order valence-electron chi connectivity index (χ2n) is 6.84. The zero-order chi connectivity index (χ0) is 19.5. The van der Waals surface area contributed by atoms with Gasteiger partial charge >= 0.3 is 12.4 Å². The fourth-order valence-corrected chi connectivity index (χ4v) is 3.52. The van der Waals surface area contributed by atoms with Crippen molar-refractivity contribution in [1.29, 1.82) is 0 Å². The van der Waals surface area contributed by atoms with Crippen molar-refractivity contribution in [2.45, 2.75) is 56.9 Å². The number of alkyl halides is 6. The van der Waals surface area contributed by atoms with Crippen molar-refractivity contribution in [3.8, 4) is 0 Å². The first-order valence-electron chi connectivity index (χ1n) is 8.41. The summed E-state index contributed by atoms with van der Waals surface area (Å²) in [6, 6.07) is 1.76. The fourth-order valence-electron chi connectivity index (χ4n) is 3.52. The van der Waals surface area contributed by atoms with Gasteiger partial charge in [-0.15, -0.1) is 0 Å². The van der Waals surface area contributed by atoms with Gasteiger partial charge in [0.25, 0.3) is 0 Å². The molecule has 0 aromatic heterocycles. The van der Waals surface area contributed by atoms with E-state index >= 15 is 0 Å². The Bertz CT molecular complexity index is 627. The third-order valence-electron chi connectivity index (χ3n) is 4.76. The Kier molecular flexibility index (Phi) is 6.19. The van der Waals surface area contributed by atoms with Gasteiger partial charge in [0.1, 0.15) is 0 Å². The number of benzene rings is 1. The average Bonchev–Trinajstić information content (AvgIpc) is 2.53. The minimum Gasteiger partial charge on any atom is -0.297 e. The molecule has 1 saturated carbocycles. The predicted molar refractivity (Wildman–Crippen MR) is 89.2 cm³/mol. The molecule has 0 amide bonds. The third-order valence-corrected chi connectivity index (χ3v) is 4.76. The summed E-state index contributed by atoms with van der Waals surface area (Å²) < 4.78 is 77.6. The maximum Gasteiger partial charge on any atom is 0.416 e. The Hall–Kier alpha value is -1.79. The average molecular weight is 377 g/mol. The van der Waals surface area contributed by atoms with E-state index in [9.17, 15) is 26.3 Å². The molecular weight excluding hydrogens is 356 g/mol. The van der Waals surface area contributed by atoms with Gasteiger partial charge in [0.05, 0.1) is 17.2 Å². The zero-order valence-corrected chi connectivity index (χ0v) is 14.3. The normalized spacial score (nSPS) is 21.5. The molecule has 0 saturated heterocycles. The van der Waals surface area contributed by atoms with Crippen LogP contribution in [0.2, 0.25) is 0 Å². The van der Waals surface area contributed by atoms with Crippen molar-refractivity contribution in [3.63, 3.8) is 0 Å². The lowest BCUT2D eigenvalue weighted by Crippen LogP contribution is -2.23. The van der Waals surface area contributed by atoms with Crippen LogP contribution in [0.3, 0.4) is 0 Å². The van der Waals surface area contributed by atoms with Gasteiger partial charge in [0.15, 0.2) is 0 Å². The number of hydrogen-bond donors (Lipinski definition) is 0. The summed E-state index contributed by atoms with van der Waals surface area (Å²) in [5.41, 5.74) is -2.01. The van der Waals surface area contributed by atoms with Gasteiger partial charge in [-0.25, -0.2) is 0 Å².